The molecule has 0 aromatic carbocycles. The highest BCUT2D eigenvalue weighted by atomic mass is 35.5. The van der Waals surface area contributed by atoms with Crippen LogP contribution >= 0.6 is 11.6 Å². The van der Waals surface area contributed by atoms with Crippen LogP contribution in [0.5, 0.6) is 0 Å². The second kappa shape index (κ2) is 7.66. The van der Waals surface area contributed by atoms with Gasteiger partial charge >= 0.3 is 0 Å². The van der Waals surface area contributed by atoms with E-state index in [4.69, 9.17) is 11.6 Å². The zero-order valence-corrected chi connectivity index (χ0v) is 10.1. The van der Waals surface area contributed by atoms with Gasteiger partial charge in [0.1, 0.15) is 0 Å². The maximum Gasteiger partial charge on any atom is 0.0312 e. The molecule has 1 aromatic heterocycles. The van der Waals surface area contributed by atoms with Crippen molar-refractivity contribution in [1.82, 2.24) is 9.88 Å². The molecule has 0 N–H and O–H groups in total. The van der Waals surface area contributed by atoms with Crippen LogP contribution in [0.4, 0.5) is 0 Å². The fourth-order valence-corrected chi connectivity index (χ4v) is 1.72. The summed E-state index contributed by atoms with van der Waals surface area (Å²) in [6.45, 7) is 2.11. The lowest BCUT2D eigenvalue weighted by atomic mass is 10.2. The quantitative estimate of drug-likeness (QED) is 0.525. The van der Waals surface area contributed by atoms with Crippen molar-refractivity contribution < 1.29 is 0 Å². The number of halogens is 1. The number of nitrogens with zero attached hydrogens (tertiary/aromatic N) is 2. The zero-order valence-electron chi connectivity index (χ0n) is 9.32. The summed E-state index contributed by atoms with van der Waals surface area (Å²) in [5, 5.41) is 0. The van der Waals surface area contributed by atoms with Gasteiger partial charge < -0.3 is 4.90 Å². The molecule has 0 aliphatic rings. The summed E-state index contributed by atoms with van der Waals surface area (Å²) < 4.78 is 0. The van der Waals surface area contributed by atoms with Gasteiger partial charge in [-0.2, -0.15) is 0 Å². The first-order valence-corrected chi connectivity index (χ1v) is 6.00. The van der Waals surface area contributed by atoms with E-state index < -0.39 is 0 Å². The van der Waals surface area contributed by atoms with E-state index in [1.807, 2.05) is 18.5 Å². The molecule has 0 unspecified atom stereocenters. The number of hydrogen-bond donors (Lipinski definition) is 0. The molecule has 84 valence electrons. The van der Waals surface area contributed by atoms with Crippen molar-refractivity contribution >= 4 is 11.6 Å². The summed E-state index contributed by atoms with van der Waals surface area (Å²) in [5.41, 5.74) is 1.28. The zero-order chi connectivity index (χ0) is 10.9. The average molecular weight is 227 g/mol. The van der Waals surface area contributed by atoms with Gasteiger partial charge in [-0.15, -0.1) is 11.6 Å². The van der Waals surface area contributed by atoms with Gasteiger partial charge in [0.25, 0.3) is 0 Å². The minimum Gasteiger partial charge on any atom is -0.302 e. The molecule has 0 radical (unpaired) electrons. The van der Waals surface area contributed by atoms with Crippen molar-refractivity contribution in [2.45, 2.75) is 25.8 Å². The highest BCUT2D eigenvalue weighted by Crippen LogP contribution is 2.03. The van der Waals surface area contributed by atoms with E-state index in [-0.39, 0.29) is 0 Å². The van der Waals surface area contributed by atoms with Crippen LogP contribution in [-0.4, -0.2) is 29.4 Å². The standard InChI is InChI=1S/C12H19ClN2/c1-15(9-4-2-3-7-13)11-12-6-5-8-14-10-12/h5-6,8,10H,2-4,7,9,11H2,1H3. The Labute approximate surface area is 97.3 Å². The summed E-state index contributed by atoms with van der Waals surface area (Å²) in [7, 11) is 2.15. The van der Waals surface area contributed by atoms with Gasteiger partial charge in [-0.1, -0.05) is 12.5 Å². The van der Waals surface area contributed by atoms with Crippen LogP contribution < -0.4 is 0 Å². The molecular weight excluding hydrogens is 208 g/mol. The molecule has 0 saturated carbocycles. The number of pyridine rings is 1. The van der Waals surface area contributed by atoms with Gasteiger partial charge in [0.15, 0.2) is 0 Å². The Balaban J connectivity index is 2.16. The number of hydrogen-bond acceptors (Lipinski definition) is 2. The molecule has 0 aliphatic carbocycles. The minimum absolute atomic E-state index is 0.784. The lowest BCUT2D eigenvalue weighted by Gasteiger charge is -2.15. The summed E-state index contributed by atoms with van der Waals surface area (Å²) in [6, 6.07) is 4.10. The summed E-state index contributed by atoms with van der Waals surface area (Å²) in [4.78, 5) is 6.43. The molecule has 0 spiro atoms. The van der Waals surface area contributed by atoms with Crippen molar-refractivity contribution in [3.63, 3.8) is 0 Å². The van der Waals surface area contributed by atoms with Crippen molar-refractivity contribution in [3.8, 4) is 0 Å². The Morgan fingerprint density at radius 2 is 2.20 bits per heavy atom. The second-order valence-electron chi connectivity index (χ2n) is 3.85. The SMILES string of the molecule is CN(CCCCCCl)Cc1cccnc1. The average Bonchev–Trinajstić information content (AvgIpc) is 2.26. The predicted octanol–water partition coefficient (Wildman–Crippen LogP) is 2.92. The maximum atomic E-state index is 5.62. The molecule has 1 aromatic rings. The van der Waals surface area contributed by atoms with Crippen LogP contribution in [0.25, 0.3) is 0 Å². The van der Waals surface area contributed by atoms with Crippen molar-refractivity contribution in [1.29, 1.82) is 0 Å². The van der Waals surface area contributed by atoms with Crippen LogP contribution in [0.3, 0.4) is 0 Å². The van der Waals surface area contributed by atoms with Crippen molar-refractivity contribution in [2.75, 3.05) is 19.5 Å². The third-order valence-electron chi connectivity index (χ3n) is 2.35. The molecule has 0 amide bonds. The molecule has 15 heavy (non-hydrogen) atoms. The maximum absolute atomic E-state index is 5.62. The van der Waals surface area contributed by atoms with Gasteiger partial charge in [-0.05, 0) is 38.1 Å². The van der Waals surface area contributed by atoms with Crippen LogP contribution in [-0.2, 0) is 6.54 Å². The Kier molecular flexibility index (Phi) is 6.37. The smallest absolute Gasteiger partial charge is 0.0312 e. The van der Waals surface area contributed by atoms with E-state index in [2.05, 4.69) is 23.0 Å². The largest absolute Gasteiger partial charge is 0.302 e. The Bertz CT molecular complexity index is 251. The number of rotatable bonds is 7. The Morgan fingerprint density at radius 3 is 2.87 bits per heavy atom. The summed E-state index contributed by atoms with van der Waals surface area (Å²) in [5.74, 6) is 0.784. The van der Waals surface area contributed by atoms with E-state index in [1.165, 1.54) is 18.4 Å². The van der Waals surface area contributed by atoms with E-state index >= 15 is 0 Å². The van der Waals surface area contributed by atoms with E-state index in [1.54, 1.807) is 0 Å². The number of unbranched alkanes of at least 4 members (excludes halogenated alkanes) is 2. The Hall–Kier alpha value is -0.600. The lowest BCUT2D eigenvalue weighted by Crippen LogP contribution is -2.19. The molecule has 1 rings (SSSR count). The third-order valence-corrected chi connectivity index (χ3v) is 2.62. The fraction of sp³-hybridized carbons (Fsp3) is 0.583. The van der Waals surface area contributed by atoms with Gasteiger partial charge in [-0.3, -0.25) is 4.98 Å². The van der Waals surface area contributed by atoms with Crippen LogP contribution in [0.15, 0.2) is 24.5 Å². The van der Waals surface area contributed by atoms with Gasteiger partial charge in [-0.25, -0.2) is 0 Å². The van der Waals surface area contributed by atoms with Gasteiger partial charge in [0.05, 0.1) is 0 Å². The van der Waals surface area contributed by atoms with Crippen LogP contribution in [0.1, 0.15) is 24.8 Å². The van der Waals surface area contributed by atoms with Gasteiger partial charge in [0, 0.05) is 24.8 Å². The lowest BCUT2D eigenvalue weighted by molar-refractivity contribution is 0.318. The fourth-order valence-electron chi connectivity index (χ4n) is 1.54. The topological polar surface area (TPSA) is 16.1 Å². The first-order valence-electron chi connectivity index (χ1n) is 5.46. The van der Waals surface area contributed by atoms with Crippen molar-refractivity contribution in [3.05, 3.63) is 30.1 Å². The minimum atomic E-state index is 0.784. The molecule has 2 nitrogen and oxygen atoms in total. The third kappa shape index (κ3) is 5.75. The number of alkyl halides is 1. The van der Waals surface area contributed by atoms with E-state index in [0.29, 0.717) is 0 Å². The highest BCUT2D eigenvalue weighted by molar-refractivity contribution is 6.17. The molecule has 1 heterocycles. The van der Waals surface area contributed by atoms with E-state index in [0.717, 1.165) is 25.4 Å². The molecule has 3 heteroatoms. The Morgan fingerprint density at radius 1 is 1.33 bits per heavy atom. The molecule has 0 fully saturated rings. The monoisotopic (exact) mass is 226 g/mol. The second-order valence-corrected chi connectivity index (χ2v) is 4.23. The first-order chi connectivity index (χ1) is 7.33. The predicted molar refractivity (Wildman–Crippen MR) is 65.1 cm³/mol. The number of aromatic nitrogens is 1. The van der Waals surface area contributed by atoms with Crippen LogP contribution in [0.2, 0.25) is 0 Å². The normalized spacial score (nSPS) is 10.9. The summed E-state index contributed by atoms with van der Waals surface area (Å²) in [6.07, 6.45) is 7.31. The molecule has 0 atom stereocenters. The molecule has 0 bridgehead atoms. The van der Waals surface area contributed by atoms with Gasteiger partial charge in [0.2, 0.25) is 0 Å². The highest BCUT2D eigenvalue weighted by Gasteiger charge is 1.99. The van der Waals surface area contributed by atoms with Crippen LogP contribution in [0, 0.1) is 0 Å². The first kappa shape index (κ1) is 12.5. The van der Waals surface area contributed by atoms with Crippen molar-refractivity contribution in [2.24, 2.45) is 0 Å². The molecule has 0 saturated heterocycles. The molecular formula is C12H19ClN2. The van der Waals surface area contributed by atoms with E-state index in [9.17, 15) is 0 Å². The summed E-state index contributed by atoms with van der Waals surface area (Å²) >= 11 is 5.62. The molecule has 0 aliphatic heterocycles.